The molecule has 0 aliphatic carbocycles. The molecule has 0 amide bonds. The number of imidazole rings is 2. The number of hydrogen-bond donors (Lipinski definition) is 4. The largest absolute Gasteiger partial charge is 0.324 e. The molecule has 4 aromatic heterocycles. The standard InChI is InChI=1S/C28H26N10.ClH/c1-3-19(29-9-1)23-35-25-27(37-23)33-21(13-31-25)17-7-5-16-12-18(8-6-15(16)11-17)22-14-32-26-28(34-22)38-24(36-26)20-4-2-10-30-20;/h5-8,11-14,19-20,29-30H,1-4,9-10H2,(H,31,33,35,37)(H,32,34,36,38);1H/t19-,20-;/m0./s1. The molecule has 196 valence electrons. The third-order valence-electron chi connectivity index (χ3n) is 7.66. The van der Waals surface area contributed by atoms with Crippen LogP contribution in [0.2, 0.25) is 0 Å². The van der Waals surface area contributed by atoms with E-state index in [1.54, 1.807) is 12.4 Å². The second-order valence-electron chi connectivity index (χ2n) is 10.2. The van der Waals surface area contributed by atoms with Gasteiger partial charge in [-0.2, -0.15) is 0 Å². The average Bonchev–Trinajstić information content (AvgIpc) is 3.77. The summed E-state index contributed by atoms with van der Waals surface area (Å²) in [6.45, 7) is 2.05. The summed E-state index contributed by atoms with van der Waals surface area (Å²) in [6.07, 6.45) is 8.09. The predicted molar refractivity (Wildman–Crippen MR) is 153 cm³/mol. The van der Waals surface area contributed by atoms with E-state index in [0.717, 1.165) is 95.0 Å². The Morgan fingerprint density at radius 2 is 1.10 bits per heavy atom. The van der Waals surface area contributed by atoms with Crippen LogP contribution in [0.1, 0.15) is 49.4 Å². The molecule has 11 heteroatoms. The molecule has 2 saturated heterocycles. The van der Waals surface area contributed by atoms with E-state index >= 15 is 0 Å². The Hall–Kier alpha value is -3.99. The highest BCUT2D eigenvalue weighted by Crippen LogP contribution is 2.29. The summed E-state index contributed by atoms with van der Waals surface area (Å²) in [5.41, 5.74) is 6.43. The van der Waals surface area contributed by atoms with Gasteiger partial charge in [0.15, 0.2) is 22.6 Å². The SMILES string of the molecule is Cl.c1cc2cc(-c3cnc4nc([C@@H]5CCCN5)[nH]c4n3)ccc2cc1-c1cnc2nc([C@@H]3CCCN3)[nH]c2n1. The molecule has 0 unspecified atom stereocenters. The van der Waals surface area contributed by atoms with E-state index in [9.17, 15) is 0 Å². The zero-order chi connectivity index (χ0) is 25.1. The van der Waals surface area contributed by atoms with Crippen LogP contribution in [0.25, 0.3) is 55.9 Å². The van der Waals surface area contributed by atoms with Crippen LogP contribution in [0.4, 0.5) is 0 Å². The molecule has 8 rings (SSSR count). The number of nitrogens with zero attached hydrogens (tertiary/aromatic N) is 6. The van der Waals surface area contributed by atoms with Crippen LogP contribution < -0.4 is 10.6 Å². The molecule has 10 nitrogen and oxygen atoms in total. The van der Waals surface area contributed by atoms with Gasteiger partial charge in [-0.15, -0.1) is 12.4 Å². The van der Waals surface area contributed by atoms with Crippen LogP contribution in [0.5, 0.6) is 0 Å². The van der Waals surface area contributed by atoms with Gasteiger partial charge in [-0.05, 0) is 61.7 Å². The Balaban J connectivity index is 0.00000253. The first kappa shape index (κ1) is 24.1. The van der Waals surface area contributed by atoms with E-state index in [1.807, 2.05) is 0 Å². The van der Waals surface area contributed by atoms with Crippen molar-refractivity contribution >= 4 is 45.8 Å². The highest BCUT2D eigenvalue weighted by Gasteiger charge is 2.21. The molecule has 39 heavy (non-hydrogen) atoms. The Morgan fingerprint density at radius 3 is 1.54 bits per heavy atom. The van der Waals surface area contributed by atoms with Crippen molar-refractivity contribution in [1.29, 1.82) is 0 Å². The van der Waals surface area contributed by atoms with Crippen LogP contribution in [0.15, 0.2) is 48.8 Å². The van der Waals surface area contributed by atoms with Crippen molar-refractivity contribution in [2.75, 3.05) is 13.1 Å². The summed E-state index contributed by atoms with van der Waals surface area (Å²) in [5, 5.41) is 9.19. The molecule has 0 spiro atoms. The summed E-state index contributed by atoms with van der Waals surface area (Å²) in [4.78, 5) is 34.8. The maximum atomic E-state index is 4.83. The van der Waals surface area contributed by atoms with E-state index in [4.69, 9.17) is 9.97 Å². The molecule has 0 saturated carbocycles. The van der Waals surface area contributed by atoms with Crippen molar-refractivity contribution < 1.29 is 0 Å². The number of benzene rings is 2. The fourth-order valence-electron chi connectivity index (χ4n) is 5.63. The minimum atomic E-state index is 0. The number of rotatable bonds is 4. The van der Waals surface area contributed by atoms with Crippen molar-refractivity contribution in [2.24, 2.45) is 0 Å². The van der Waals surface area contributed by atoms with Gasteiger partial charge in [0, 0.05) is 11.1 Å². The molecule has 6 heterocycles. The van der Waals surface area contributed by atoms with E-state index in [0.29, 0.717) is 11.3 Å². The lowest BCUT2D eigenvalue weighted by Gasteiger charge is -2.06. The summed E-state index contributed by atoms with van der Waals surface area (Å²) in [6, 6.07) is 13.2. The monoisotopic (exact) mass is 538 g/mol. The Labute approximate surface area is 229 Å². The number of fused-ring (bicyclic) bond motifs is 3. The predicted octanol–water partition coefficient (Wildman–Crippen LogP) is 4.78. The van der Waals surface area contributed by atoms with Gasteiger partial charge in [0.1, 0.15) is 11.6 Å². The first-order valence-electron chi connectivity index (χ1n) is 13.2. The van der Waals surface area contributed by atoms with Gasteiger partial charge in [0.25, 0.3) is 0 Å². The van der Waals surface area contributed by atoms with Gasteiger partial charge in [-0.3, -0.25) is 0 Å². The number of hydrogen-bond acceptors (Lipinski definition) is 8. The maximum Gasteiger partial charge on any atom is 0.197 e. The molecule has 6 aromatic rings. The smallest absolute Gasteiger partial charge is 0.197 e. The highest BCUT2D eigenvalue weighted by molar-refractivity contribution is 5.90. The average molecular weight is 539 g/mol. The second-order valence-corrected chi connectivity index (χ2v) is 10.2. The molecule has 2 fully saturated rings. The summed E-state index contributed by atoms with van der Waals surface area (Å²) in [7, 11) is 0. The van der Waals surface area contributed by atoms with Gasteiger partial charge in [-0.1, -0.05) is 24.3 Å². The van der Waals surface area contributed by atoms with Crippen LogP contribution in [0.3, 0.4) is 0 Å². The molecule has 4 N–H and O–H groups in total. The topological polar surface area (TPSA) is 133 Å². The molecule has 0 bridgehead atoms. The van der Waals surface area contributed by atoms with Crippen molar-refractivity contribution in [3.05, 3.63) is 60.4 Å². The number of nitrogens with one attached hydrogen (secondary N) is 4. The molecule has 2 aliphatic rings. The lowest BCUT2D eigenvalue weighted by Crippen LogP contribution is -2.14. The Bertz CT molecular complexity index is 1680. The second kappa shape index (κ2) is 9.64. The third kappa shape index (κ3) is 4.30. The summed E-state index contributed by atoms with van der Waals surface area (Å²) < 4.78 is 0. The molecule has 2 aromatic carbocycles. The van der Waals surface area contributed by atoms with E-state index in [1.165, 1.54) is 0 Å². The third-order valence-corrected chi connectivity index (χ3v) is 7.66. The Kier molecular flexibility index (Phi) is 5.95. The fourth-order valence-corrected chi connectivity index (χ4v) is 5.63. The minimum Gasteiger partial charge on any atom is -0.324 e. The molecule has 0 radical (unpaired) electrons. The zero-order valence-electron chi connectivity index (χ0n) is 21.1. The first-order chi connectivity index (χ1) is 18.8. The number of aromatic nitrogens is 8. The summed E-state index contributed by atoms with van der Waals surface area (Å²) >= 11 is 0. The lowest BCUT2D eigenvalue weighted by atomic mass is 10.0. The summed E-state index contributed by atoms with van der Waals surface area (Å²) in [5.74, 6) is 1.84. The first-order valence-corrected chi connectivity index (χ1v) is 13.2. The van der Waals surface area contributed by atoms with Crippen LogP contribution in [-0.2, 0) is 0 Å². The van der Waals surface area contributed by atoms with Crippen molar-refractivity contribution in [1.82, 2.24) is 50.5 Å². The van der Waals surface area contributed by atoms with Gasteiger partial charge in [-0.25, -0.2) is 29.9 Å². The van der Waals surface area contributed by atoms with E-state index in [2.05, 4.69) is 76.9 Å². The maximum absolute atomic E-state index is 4.83. The molecule has 2 aliphatic heterocycles. The molecular formula is C28H27ClN10. The van der Waals surface area contributed by atoms with Gasteiger partial charge >= 0.3 is 0 Å². The van der Waals surface area contributed by atoms with Crippen LogP contribution in [-0.4, -0.2) is 53.0 Å². The van der Waals surface area contributed by atoms with Crippen LogP contribution in [0, 0.1) is 0 Å². The number of halogens is 1. The zero-order valence-corrected chi connectivity index (χ0v) is 21.9. The fraction of sp³-hybridized carbons (Fsp3) is 0.286. The molecular weight excluding hydrogens is 512 g/mol. The lowest BCUT2D eigenvalue weighted by molar-refractivity contribution is 0.614. The quantitative estimate of drug-likeness (QED) is 0.252. The van der Waals surface area contributed by atoms with Gasteiger partial charge in [0.05, 0.1) is 35.9 Å². The Morgan fingerprint density at radius 1 is 0.615 bits per heavy atom. The number of aromatic amines is 2. The van der Waals surface area contributed by atoms with Crippen molar-refractivity contribution in [2.45, 2.75) is 37.8 Å². The molecule has 2 atom stereocenters. The van der Waals surface area contributed by atoms with Crippen molar-refractivity contribution in [3.8, 4) is 22.5 Å². The van der Waals surface area contributed by atoms with Crippen molar-refractivity contribution in [3.63, 3.8) is 0 Å². The van der Waals surface area contributed by atoms with Crippen LogP contribution >= 0.6 is 12.4 Å². The van der Waals surface area contributed by atoms with E-state index < -0.39 is 0 Å². The van der Waals surface area contributed by atoms with Gasteiger partial charge in [0.2, 0.25) is 0 Å². The minimum absolute atomic E-state index is 0. The van der Waals surface area contributed by atoms with E-state index in [-0.39, 0.29) is 24.5 Å². The number of H-pyrrole nitrogens is 2. The normalized spacial score (nSPS) is 19.3. The van der Waals surface area contributed by atoms with Gasteiger partial charge < -0.3 is 20.6 Å². The highest BCUT2D eigenvalue weighted by atomic mass is 35.5.